The molecule has 1 saturated heterocycles. The van der Waals surface area contributed by atoms with Gasteiger partial charge in [-0.1, -0.05) is 0 Å². The third-order valence-electron chi connectivity index (χ3n) is 2.34. The number of carboxylic acids is 1. The third-order valence-corrected chi connectivity index (χ3v) is 2.34. The molecule has 1 aliphatic rings. The highest BCUT2D eigenvalue weighted by atomic mass is 16.6. The van der Waals surface area contributed by atoms with Gasteiger partial charge in [-0.05, 0) is 6.92 Å². The number of aliphatic hydroxyl groups is 2. The van der Waals surface area contributed by atoms with Crippen LogP contribution in [0.25, 0.3) is 0 Å². The van der Waals surface area contributed by atoms with Crippen molar-refractivity contribution >= 4 is 5.97 Å². The smallest absolute Gasteiger partial charge is 0.335 e. The van der Waals surface area contributed by atoms with Crippen molar-refractivity contribution in [2.75, 3.05) is 7.11 Å². The van der Waals surface area contributed by atoms with E-state index in [9.17, 15) is 15.0 Å². The van der Waals surface area contributed by atoms with Crippen LogP contribution in [0.15, 0.2) is 0 Å². The van der Waals surface area contributed by atoms with Crippen molar-refractivity contribution in [1.82, 2.24) is 0 Å². The molecule has 2 unspecified atom stereocenters. The molecule has 1 fully saturated rings. The maximum absolute atomic E-state index is 10.7. The monoisotopic (exact) mass is 206 g/mol. The van der Waals surface area contributed by atoms with Gasteiger partial charge < -0.3 is 24.8 Å². The summed E-state index contributed by atoms with van der Waals surface area (Å²) >= 11 is 0. The maximum Gasteiger partial charge on any atom is 0.335 e. The average molecular weight is 206 g/mol. The molecule has 1 rings (SSSR count). The van der Waals surface area contributed by atoms with Crippen LogP contribution < -0.4 is 0 Å². The number of hydrogen-bond donors (Lipinski definition) is 3. The van der Waals surface area contributed by atoms with Gasteiger partial charge in [-0.3, -0.25) is 0 Å². The zero-order chi connectivity index (χ0) is 10.9. The van der Waals surface area contributed by atoms with Gasteiger partial charge in [0.1, 0.15) is 18.3 Å². The highest BCUT2D eigenvalue weighted by Gasteiger charge is 2.46. The number of aliphatic hydroxyl groups excluding tert-OH is 2. The Kier molecular flexibility index (Phi) is 3.43. The predicted molar refractivity (Wildman–Crippen MR) is 44.8 cm³/mol. The lowest BCUT2D eigenvalue weighted by Gasteiger charge is -2.39. The van der Waals surface area contributed by atoms with Gasteiger partial charge in [-0.25, -0.2) is 4.79 Å². The summed E-state index contributed by atoms with van der Waals surface area (Å²) in [5.41, 5.74) is 0. The van der Waals surface area contributed by atoms with Crippen molar-refractivity contribution in [2.24, 2.45) is 0 Å². The molecule has 3 N–H and O–H groups in total. The Morgan fingerprint density at radius 2 is 1.93 bits per heavy atom. The first-order chi connectivity index (χ1) is 6.49. The molecular weight excluding hydrogens is 192 g/mol. The molecule has 1 aliphatic heterocycles. The van der Waals surface area contributed by atoms with Crippen LogP contribution in [0.3, 0.4) is 0 Å². The van der Waals surface area contributed by atoms with E-state index in [1.54, 1.807) is 0 Å². The van der Waals surface area contributed by atoms with Crippen molar-refractivity contribution in [2.45, 2.75) is 37.4 Å². The fraction of sp³-hybridized carbons (Fsp3) is 0.875. The molecule has 1 heterocycles. The fourth-order valence-electron chi connectivity index (χ4n) is 1.52. The SMILES string of the molecule is COC1[C@@H](O)C(C(=O)O)O[C@H](C)[C@H]1O. The van der Waals surface area contributed by atoms with E-state index in [1.165, 1.54) is 14.0 Å². The Hall–Kier alpha value is -0.690. The van der Waals surface area contributed by atoms with Gasteiger partial charge in [0.25, 0.3) is 0 Å². The Morgan fingerprint density at radius 3 is 2.36 bits per heavy atom. The minimum atomic E-state index is -1.36. The average Bonchev–Trinajstić information content (AvgIpc) is 2.12. The summed E-state index contributed by atoms with van der Waals surface area (Å²) in [7, 11) is 1.30. The van der Waals surface area contributed by atoms with E-state index in [0.717, 1.165) is 0 Å². The molecule has 5 atom stereocenters. The number of ether oxygens (including phenoxy) is 2. The number of carboxylic acid groups (broad SMARTS) is 1. The number of aliphatic carboxylic acids is 1. The molecule has 6 heteroatoms. The Bertz CT molecular complexity index is 218. The zero-order valence-electron chi connectivity index (χ0n) is 7.95. The predicted octanol–water partition coefficient (Wildman–Crippen LogP) is -1.40. The van der Waals surface area contributed by atoms with Crippen LogP contribution in [0.2, 0.25) is 0 Å². The van der Waals surface area contributed by atoms with Crippen LogP contribution in [0.1, 0.15) is 6.92 Å². The highest BCUT2D eigenvalue weighted by Crippen LogP contribution is 2.22. The number of rotatable bonds is 2. The maximum atomic E-state index is 10.7. The van der Waals surface area contributed by atoms with Gasteiger partial charge in [0.15, 0.2) is 6.10 Å². The summed E-state index contributed by atoms with van der Waals surface area (Å²) in [6, 6.07) is 0. The van der Waals surface area contributed by atoms with E-state index in [2.05, 4.69) is 0 Å². The molecule has 14 heavy (non-hydrogen) atoms. The largest absolute Gasteiger partial charge is 0.479 e. The van der Waals surface area contributed by atoms with E-state index in [0.29, 0.717) is 0 Å². The summed E-state index contributed by atoms with van der Waals surface area (Å²) in [5, 5.41) is 27.7. The van der Waals surface area contributed by atoms with Crippen LogP contribution in [0, 0.1) is 0 Å². The van der Waals surface area contributed by atoms with Crippen LogP contribution in [0.4, 0.5) is 0 Å². The molecule has 0 radical (unpaired) electrons. The molecule has 0 aliphatic carbocycles. The van der Waals surface area contributed by atoms with Gasteiger partial charge in [-0.15, -0.1) is 0 Å². The van der Waals surface area contributed by atoms with Gasteiger partial charge in [0.05, 0.1) is 6.10 Å². The second kappa shape index (κ2) is 4.22. The minimum Gasteiger partial charge on any atom is -0.479 e. The molecule has 82 valence electrons. The third kappa shape index (κ3) is 1.88. The summed E-state index contributed by atoms with van der Waals surface area (Å²) in [6.45, 7) is 1.53. The molecule has 0 aromatic carbocycles. The van der Waals surface area contributed by atoms with Gasteiger partial charge >= 0.3 is 5.97 Å². The van der Waals surface area contributed by atoms with Crippen molar-refractivity contribution < 1.29 is 29.6 Å². The molecule has 6 nitrogen and oxygen atoms in total. The second-order valence-electron chi connectivity index (χ2n) is 3.28. The lowest BCUT2D eigenvalue weighted by molar-refractivity contribution is -0.229. The Labute approximate surface area is 81.1 Å². The first-order valence-electron chi connectivity index (χ1n) is 4.26. The lowest BCUT2D eigenvalue weighted by Crippen LogP contribution is -2.59. The Balaban J connectivity index is 2.80. The number of hydrogen-bond acceptors (Lipinski definition) is 5. The fourth-order valence-corrected chi connectivity index (χ4v) is 1.52. The normalized spacial score (nSPS) is 43.6. The zero-order valence-corrected chi connectivity index (χ0v) is 7.95. The summed E-state index contributed by atoms with van der Waals surface area (Å²) < 4.78 is 9.75. The number of carbonyl (C=O) groups is 1. The summed E-state index contributed by atoms with van der Waals surface area (Å²) in [6.07, 6.45) is -5.34. The summed E-state index contributed by atoms with van der Waals surface area (Å²) in [5.74, 6) is -1.27. The van der Waals surface area contributed by atoms with Crippen LogP contribution >= 0.6 is 0 Å². The van der Waals surface area contributed by atoms with E-state index < -0.39 is 36.5 Å². The molecular formula is C8H14O6. The standard InChI is InChI=1S/C8H14O6/c1-3-4(9)6(13-2)5(10)7(14-3)8(11)12/h3-7,9-10H,1-2H3,(H,11,12)/t3-,4-,5-,6?,7?/m1/s1. The Morgan fingerprint density at radius 1 is 1.36 bits per heavy atom. The van der Waals surface area contributed by atoms with E-state index in [4.69, 9.17) is 14.6 Å². The molecule has 0 bridgehead atoms. The van der Waals surface area contributed by atoms with Crippen molar-refractivity contribution in [3.8, 4) is 0 Å². The second-order valence-corrected chi connectivity index (χ2v) is 3.28. The molecule has 0 saturated carbocycles. The van der Waals surface area contributed by atoms with Crippen LogP contribution in [0.5, 0.6) is 0 Å². The van der Waals surface area contributed by atoms with Crippen LogP contribution in [-0.2, 0) is 14.3 Å². The van der Waals surface area contributed by atoms with E-state index in [-0.39, 0.29) is 0 Å². The lowest BCUT2D eigenvalue weighted by atomic mass is 9.95. The molecule has 0 amide bonds. The van der Waals surface area contributed by atoms with Crippen LogP contribution in [-0.4, -0.2) is 58.9 Å². The first-order valence-corrected chi connectivity index (χ1v) is 4.26. The van der Waals surface area contributed by atoms with E-state index in [1.807, 2.05) is 0 Å². The molecule has 0 aromatic heterocycles. The van der Waals surface area contributed by atoms with Crippen molar-refractivity contribution in [1.29, 1.82) is 0 Å². The summed E-state index contributed by atoms with van der Waals surface area (Å²) in [4.78, 5) is 10.7. The van der Waals surface area contributed by atoms with E-state index >= 15 is 0 Å². The molecule has 0 aromatic rings. The van der Waals surface area contributed by atoms with Crippen molar-refractivity contribution in [3.05, 3.63) is 0 Å². The quantitative estimate of drug-likeness (QED) is 0.514. The van der Waals surface area contributed by atoms with Crippen molar-refractivity contribution in [3.63, 3.8) is 0 Å². The highest BCUT2D eigenvalue weighted by molar-refractivity contribution is 5.73. The van der Waals surface area contributed by atoms with Gasteiger partial charge in [-0.2, -0.15) is 0 Å². The molecule has 0 spiro atoms. The van der Waals surface area contributed by atoms with Gasteiger partial charge in [0, 0.05) is 7.11 Å². The first kappa shape index (κ1) is 11.4. The topological polar surface area (TPSA) is 96.2 Å². The van der Waals surface area contributed by atoms with Gasteiger partial charge in [0.2, 0.25) is 0 Å². The number of methoxy groups -OCH3 is 1. The minimum absolute atomic E-state index is 0.676.